The molecule has 2 amide bonds. The fourth-order valence-corrected chi connectivity index (χ4v) is 8.35. The smallest absolute Gasteiger partial charge is 0.308 e. The van der Waals surface area contributed by atoms with E-state index in [1.807, 2.05) is 97.1 Å². The van der Waals surface area contributed by atoms with E-state index in [2.05, 4.69) is 43.7 Å². The number of halogens is 8. The first-order valence-corrected chi connectivity index (χ1v) is 21.3. The van der Waals surface area contributed by atoms with Crippen LogP contribution >= 0.6 is 31.9 Å². The fourth-order valence-electron chi connectivity index (χ4n) is 6.95. The van der Waals surface area contributed by atoms with Crippen molar-refractivity contribution < 1.29 is 45.5 Å². The number of amides is 2. The van der Waals surface area contributed by atoms with Gasteiger partial charge in [0.25, 0.3) is 0 Å². The Labute approximate surface area is 362 Å². The molecule has 6 rings (SSSR count). The molecule has 0 N–H and O–H groups in total. The molecule has 0 spiro atoms. The highest BCUT2D eigenvalue weighted by molar-refractivity contribution is 9.12. The van der Waals surface area contributed by atoms with Gasteiger partial charge in [-0.25, -0.2) is 0 Å². The van der Waals surface area contributed by atoms with Crippen molar-refractivity contribution in [1.82, 2.24) is 0 Å². The molecule has 0 saturated heterocycles. The van der Waals surface area contributed by atoms with Crippen LogP contribution < -0.4 is 9.80 Å². The van der Waals surface area contributed by atoms with E-state index in [1.54, 1.807) is 9.80 Å². The van der Waals surface area contributed by atoms with E-state index in [9.17, 15) is 45.5 Å². The van der Waals surface area contributed by atoms with Gasteiger partial charge in [0.15, 0.2) is 0 Å². The van der Waals surface area contributed by atoms with Crippen LogP contribution in [-0.2, 0) is 32.3 Å². The summed E-state index contributed by atoms with van der Waals surface area (Å²) in [4.78, 5) is 51.4. The predicted molar refractivity (Wildman–Crippen MR) is 226 cm³/mol. The molecule has 0 aromatic heterocycles. The average molecular weight is 961 g/mol. The van der Waals surface area contributed by atoms with Crippen molar-refractivity contribution >= 4 is 66.6 Å². The first kappa shape index (κ1) is 46.3. The zero-order chi connectivity index (χ0) is 43.5. The minimum Gasteiger partial charge on any atom is -0.308 e. The van der Waals surface area contributed by atoms with Crippen LogP contribution in [0.5, 0.6) is 0 Å². The average Bonchev–Trinajstić information content (AvgIpc) is 3.22. The summed E-state index contributed by atoms with van der Waals surface area (Å²) in [6.07, 6.45) is -8.33. The van der Waals surface area contributed by atoms with E-state index in [0.717, 1.165) is 44.8 Å². The number of anilines is 2. The van der Waals surface area contributed by atoms with Crippen molar-refractivity contribution in [1.29, 1.82) is 0 Å². The maximum Gasteiger partial charge on any atom is 0.449 e. The predicted octanol–water partition coefficient (Wildman–Crippen LogP) is 12.2. The Kier molecular flexibility index (Phi) is 16.3. The first-order valence-electron chi connectivity index (χ1n) is 19.5. The quantitative estimate of drug-likeness (QED) is 0.0614. The van der Waals surface area contributed by atoms with Gasteiger partial charge in [-0.05, 0) is 72.2 Å². The summed E-state index contributed by atoms with van der Waals surface area (Å²) in [7, 11) is 0. The molecule has 0 radical (unpaired) electrons. The molecular formula is C46H42Br2F6N2O4. The molecule has 6 nitrogen and oxygen atoms in total. The molecule has 0 saturated carbocycles. The van der Waals surface area contributed by atoms with Crippen molar-refractivity contribution in [3.05, 3.63) is 130 Å². The number of para-hydroxylation sites is 2. The van der Waals surface area contributed by atoms with Crippen LogP contribution in [0.3, 0.4) is 0 Å². The first-order chi connectivity index (χ1) is 28.6. The number of hydrogen-bond acceptors (Lipinski definition) is 4. The molecule has 14 heteroatoms. The van der Waals surface area contributed by atoms with Crippen molar-refractivity contribution in [2.45, 2.75) is 99.3 Å². The number of carbonyl (C=O) groups is 4. The fraction of sp³-hybridized carbons (Fsp3) is 0.348. The van der Waals surface area contributed by atoms with Gasteiger partial charge in [0.1, 0.15) is 0 Å². The van der Waals surface area contributed by atoms with Crippen molar-refractivity contribution in [3.8, 4) is 11.8 Å². The van der Waals surface area contributed by atoms with Gasteiger partial charge in [-0.15, -0.1) is 0 Å². The van der Waals surface area contributed by atoms with Crippen LogP contribution in [0.2, 0.25) is 0 Å². The lowest BCUT2D eigenvalue weighted by Gasteiger charge is -2.33. The standard InChI is InChI=1S/C23H22Br2F3NO2.C23H20F3NO2/c24-21-16-9-5-4-8-15(16)14-29(18-11-7-6-10-17(18)22(21)25)20(31)13-3-1-2-12-19(30)23(26,27)28;24-23(25,26)21(28)12-2-1-3-13-22(29)27-16-19-10-5-4-8-17(19)14-15-18-9-6-7-11-20(18)27/h4-11,21-22H,1-3,12-14H2;4-11H,1-3,12-13,16H2. The Morgan fingerprint density at radius 3 is 1.48 bits per heavy atom. The highest BCUT2D eigenvalue weighted by atomic mass is 79.9. The molecule has 2 aliphatic heterocycles. The summed E-state index contributed by atoms with van der Waals surface area (Å²) in [6.45, 7) is 0.799. The molecule has 2 heterocycles. The summed E-state index contributed by atoms with van der Waals surface area (Å²) in [5.41, 5.74) is 7.24. The highest BCUT2D eigenvalue weighted by Gasteiger charge is 2.38. The number of nitrogens with zero attached hydrogens (tertiary/aromatic N) is 2. The molecule has 4 aromatic rings. The minimum absolute atomic E-state index is 0.0354. The monoisotopic (exact) mass is 958 g/mol. The van der Waals surface area contributed by atoms with Gasteiger partial charge in [-0.3, -0.25) is 19.2 Å². The Bertz CT molecular complexity index is 2230. The Morgan fingerprint density at radius 2 is 0.900 bits per heavy atom. The molecule has 316 valence electrons. The van der Waals surface area contributed by atoms with Gasteiger partial charge >= 0.3 is 12.4 Å². The Balaban J connectivity index is 0.000000228. The van der Waals surface area contributed by atoms with E-state index in [-0.39, 0.29) is 47.2 Å². The summed E-state index contributed by atoms with van der Waals surface area (Å²) in [5, 5.41) is 0. The Morgan fingerprint density at radius 1 is 0.500 bits per heavy atom. The van der Waals surface area contributed by atoms with Gasteiger partial charge in [0.05, 0.1) is 28.4 Å². The second-order valence-corrected chi connectivity index (χ2v) is 16.4. The van der Waals surface area contributed by atoms with Crippen molar-refractivity contribution in [2.24, 2.45) is 0 Å². The lowest BCUT2D eigenvalue weighted by atomic mass is 9.95. The molecular weight excluding hydrogens is 918 g/mol. The number of benzene rings is 4. The Hall–Kier alpha value is -4.74. The molecule has 0 aliphatic carbocycles. The molecule has 60 heavy (non-hydrogen) atoms. The number of rotatable bonds is 12. The van der Waals surface area contributed by atoms with Crippen LogP contribution in [0.1, 0.15) is 107 Å². The number of ketones is 2. The van der Waals surface area contributed by atoms with Crippen molar-refractivity contribution in [2.75, 3.05) is 9.80 Å². The number of carbonyl (C=O) groups excluding carboxylic acids is 4. The SMILES string of the molecule is O=C(CCCCCC(=O)C(F)(F)F)N1Cc2ccccc2C#Cc2ccccc21.O=C(CCCCCC(=O)C(F)(F)F)N1Cc2ccccc2C(Br)C(Br)c2ccccc21. The molecule has 4 aromatic carbocycles. The lowest BCUT2D eigenvalue weighted by molar-refractivity contribution is -0.171. The lowest BCUT2D eigenvalue weighted by Crippen LogP contribution is -2.33. The number of unbranched alkanes of at least 4 members (excludes halogenated alkanes) is 4. The normalized spacial score (nSPS) is 15.7. The maximum absolute atomic E-state index is 13.1. The van der Waals surface area contributed by atoms with Crippen LogP contribution in [0.25, 0.3) is 0 Å². The summed E-state index contributed by atoms with van der Waals surface area (Å²) < 4.78 is 73.6. The largest absolute Gasteiger partial charge is 0.449 e. The summed E-state index contributed by atoms with van der Waals surface area (Å²) >= 11 is 7.57. The third kappa shape index (κ3) is 12.4. The van der Waals surface area contributed by atoms with Crippen LogP contribution in [0.4, 0.5) is 37.7 Å². The maximum atomic E-state index is 13.1. The third-order valence-electron chi connectivity index (χ3n) is 10.2. The highest BCUT2D eigenvalue weighted by Crippen LogP contribution is 2.48. The number of Topliss-reactive ketones (excluding diaryl/α,β-unsaturated/α-hetero) is 2. The number of hydrogen-bond donors (Lipinski definition) is 0. The van der Waals surface area contributed by atoms with E-state index in [4.69, 9.17) is 0 Å². The second kappa shape index (κ2) is 21.2. The second-order valence-electron chi connectivity index (χ2n) is 14.4. The zero-order valence-electron chi connectivity index (χ0n) is 32.4. The topological polar surface area (TPSA) is 74.8 Å². The number of fused-ring (bicyclic) bond motifs is 4. The van der Waals surface area contributed by atoms with Gasteiger partial charge in [-0.2, -0.15) is 26.3 Å². The minimum atomic E-state index is -4.78. The van der Waals surface area contributed by atoms with Crippen LogP contribution in [0, 0.1) is 11.8 Å². The van der Waals surface area contributed by atoms with E-state index < -0.39 is 36.8 Å². The van der Waals surface area contributed by atoms with Crippen molar-refractivity contribution in [3.63, 3.8) is 0 Å². The van der Waals surface area contributed by atoms with E-state index >= 15 is 0 Å². The van der Waals surface area contributed by atoms with Gasteiger partial charge in [0, 0.05) is 42.5 Å². The van der Waals surface area contributed by atoms with E-state index in [0.29, 0.717) is 38.8 Å². The molecule has 0 fully saturated rings. The molecule has 2 unspecified atom stereocenters. The van der Waals surface area contributed by atoms with Gasteiger partial charge in [-0.1, -0.05) is 129 Å². The van der Waals surface area contributed by atoms with Gasteiger partial charge < -0.3 is 9.80 Å². The van der Waals surface area contributed by atoms with E-state index in [1.165, 1.54) is 0 Å². The third-order valence-corrected chi connectivity index (χ3v) is 12.9. The van der Waals surface area contributed by atoms with Crippen LogP contribution in [0.15, 0.2) is 97.1 Å². The summed E-state index contributed by atoms with van der Waals surface area (Å²) in [5.74, 6) is 2.66. The summed E-state index contributed by atoms with van der Waals surface area (Å²) in [6, 6.07) is 30.7. The molecule has 2 aliphatic rings. The molecule has 0 bridgehead atoms. The zero-order valence-corrected chi connectivity index (χ0v) is 35.6. The van der Waals surface area contributed by atoms with Gasteiger partial charge in [0.2, 0.25) is 23.4 Å². The van der Waals surface area contributed by atoms with Crippen LogP contribution in [-0.4, -0.2) is 35.7 Å². The number of alkyl halides is 8. The molecule has 2 atom stereocenters.